The van der Waals surface area contributed by atoms with Gasteiger partial charge in [-0.15, -0.1) is 10.2 Å². The van der Waals surface area contributed by atoms with Crippen molar-refractivity contribution in [2.75, 3.05) is 5.32 Å². The van der Waals surface area contributed by atoms with E-state index in [2.05, 4.69) is 15.5 Å². The second-order valence-electron chi connectivity index (χ2n) is 6.41. The van der Waals surface area contributed by atoms with Gasteiger partial charge in [-0.05, 0) is 54.1 Å². The highest BCUT2D eigenvalue weighted by Crippen LogP contribution is 2.22. The van der Waals surface area contributed by atoms with Crippen LogP contribution in [0.15, 0.2) is 79.1 Å². The molecule has 2 heterocycles. The van der Waals surface area contributed by atoms with E-state index in [-0.39, 0.29) is 12.0 Å². The predicted octanol–water partition coefficient (Wildman–Crippen LogP) is 4.52. The summed E-state index contributed by atoms with van der Waals surface area (Å²) in [4.78, 5) is 12.1. The number of rotatable bonds is 6. The molecule has 150 valence electrons. The van der Waals surface area contributed by atoms with Crippen molar-refractivity contribution in [2.24, 2.45) is 0 Å². The first-order chi connectivity index (χ1) is 14.6. The number of ether oxygens (including phenoxy) is 1. The summed E-state index contributed by atoms with van der Waals surface area (Å²) in [6, 6.07) is 17.0. The molecule has 1 amide bonds. The van der Waals surface area contributed by atoms with Crippen LogP contribution in [0.25, 0.3) is 5.82 Å². The third-order valence-corrected chi connectivity index (χ3v) is 4.22. The fourth-order valence-corrected chi connectivity index (χ4v) is 2.76. The van der Waals surface area contributed by atoms with Gasteiger partial charge in [-0.3, -0.25) is 4.79 Å². The first-order valence-electron chi connectivity index (χ1n) is 9.05. The van der Waals surface area contributed by atoms with Gasteiger partial charge in [0.2, 0.25) is 11.8 Å². The SMILES string of the molecule is O=C(Cc1ccc(F)cc1F)Nc1ccc(Oc2ccc(-n3cccc3)nn2)cc1. The number of hydrogen-bond acceptors (Lipinski definition) is 4. The third kappa shape index (κ3) is 4.67. The van der Waals surface area contributed by atoms with Crippen LogP contribution in [0, 0.1) is 11.6 Å². The Morgan fingerprint density at radius 2 is 1.73 bits per heavy atom. The number of hydrogen-bond donors (Lipinski definition) is 1. The maximum absolute atomic E-state index is 13.7. The maximum Gasteiger partial charge on any atom is 0.238 e. The normalized spacial score (nSPS) is 10.6. The van der Waals surface area contributed by atoms with Gasteiger partial charge in [0.15, 0.2) is 5.82 Å². The minimum atomic E-state index is -0.752. The molecule has 0 aliphatic rings. The van der Waals surface area contributed by atoms with Crippen molar-refractivity contribution in [3.8, 4) is 17.4 Å². The van der Waals surface area contributed by atoms with Crippen molar-refractivity contribution in [2.45, 2.75) is 6.42 Å². The van der Waals surface area contributed by atoms with Gasteiger partial charge in [-0.25, -0.2) is 8.78 Å². The molecule has 0 aliphatic carbocycles. The highest BCUT2D eigenvalue weighted by molar-refractivity contribution is 5.92. The van der Waals surface area contributed by atoms with E-state index < -0.39 is 17.5 Å². The molecule has 0 fully saturated rings. The van der Waals surface area contributed by atoms with Crippen molar-refractivity contribution in [3.63, 3.8) is 0 Å². The number of amides is 1. The molecule has 30 heavy (non-hydrogen) atoms. The van der Waals surface area contributed by atoms with Crippen LogP contribution in [0.2, 0.25) is 0 Å². The van der Waals surface area contributed by atoms with Gasteiger partial charge in [0.1, 0.15) is 17.4 Å². The van der Waals surface area contributed by atoms with E-state index in [1.54, 1.807) is 36.4 Å². The topological polar surface area (TPSA) is 69.0 Å². The zero-order valence-electron chi connectivity index (χ0n) is 15.6. The first-order valence-corrected chi connectivity index (χ1v) is 9.05. The highest BCUT2D eigenvalue weighted by atomic mass is 19.1. The van der Waals surface area contributed by atoms with E-state index in [0.29, 0.717) is 23.1 Å². The van der Waals surface area contributed by atoms with E-state index in [1.165, 1.54) is 6.07 Å². The number of nitrogens with one attached hydrogen (secondary N) is 1. The second kappa shape index (κ2) is 8.52. The van der Waals surface area contributed by atoms with Crippen LogP contribution in [0.4, 0.5) is 14.5 Å². The molecule has 0 atom stereocenters. The van der Waals surface area contributed by atoms with Gasteiger partial charge in [0.05, 0.1) is 6.42 Å². The van der Waals surface area contributed by atoms with Gasteiger partial charge in [0, 0.05) is 30.2 Å². The van der Waals surface area contributed by atoms with Gasteiger partial charge in [0.25, 0.3) is 0 Å². The summed E-state index contributed by atoms with van der Waals surface area (Å²) < 4.78 is 34.1. The second-order valence-corrected chi connectivity index (χ2v) is 6.41. The summed E-state index contributed by atoms with van der Waals surface area (Å²) in [6.45, 7) is 0. The molecule has 2 aromatic heterocycles. The largest absolute Gasteiger partial charge is 0.438 e. The molecule has 0 radical (unpaired) electrons. The molecule has 0 unspecified atom stereocenters. The molecule has 4 rings (SSSR count). The lowest BCUT2D eigenvalue weighted by atomic mass is 10.1. The van der Waals surface area contributed by atoms with Crippen LogP contribution in [0.1, 0.15) is 5.56 Å². The van der Waals surface area contributed by atoms with E-state index >= 15 is 0 Å². The highest BCUT2D eigenvalue weighted by Gasteiger charge is 2.10. The molecule has 4 aromatic rings. The molecule has 0 aliphatic heterocycles. The quantitative estimate of drug-likeness (QED) is 0.511. The zero-order valence-corrected chi connectivity index (χ0v) is 15.6. The zero-order chi connectivity index (χ0) is 20.9. The fourth-order valence-electron chi connectivity index (χ4n) is 2.76. The number of carbonyl (C=O) groups is 1. The Balaban J connectivity index is 1.35. The average Bonchev–Trinajstić information content (AvgIpc) is 3.27. The number of benzene rings is 2. The van der Waals surface area contributed by atoms with Crippen LogP contribution in [-0.4, -0.2) is 20.7 Å². The van der Waals surface area contributed by atoms with Gasteiger partial charge >= 0.3 is 0 Å². The monoisotopic (exact) mass is 406 g/mol. The number of aromatic nitrogens is 3. The van der Waals surface area contributed by atoms with Gasteiger partial charge < -0.3 is 14.6 Å². The summed E-state index contributed by atoms with van der Waals surface area (Å²) in [5.41, 5.74) is 0.639. The van der Waals surface area contributed by atoms with E-state index in [1.807, 2.05) is 29.1 Å². The van der Waals surface area contributed by atoms with Crippen LogP contribution in [0.3, 0.4) is 0 Å². The third-order valence-electron chi connectivity index (χ3n) is 4.22. The van der Waals surface area contributed by atoms with E-state index in [9.17, 15) is 13.6 Å². The summed E-state index contributed by atoms with van der Waals surface area (Å²) in [5, 5.41) is 10.8. The fraction of sp³-hybridized carbons (Fsp3) is 0.0455. The Hall–Kier alpha value is -4.07. The van der Waals surface area contributed by atoms with Crippen LogP contribution in [0.5, 0.6) is 11.6 Å². The molecule has 1 N–H and O–H groups in total. The molecule has 2 aromatic carbocycles. The summed E-state index contributed by atoms with van der Waals surface area (Å²) in [6.07, 6.45) is 3.53. The summed E-state index contributed by atoms with van der Waals surface area (Å²) in [5.74, 6) is -0.340. The molecular formula is C22H16F2N4O2. The molecule has 0 saturated heterocycles. The van der Waals surface area contributed by atoms with Crippen LogP contribution < -0.4 is 10.1 Å². The van der Waals surface area contributed by atoms with E-state index in [0.717, 1.165) is 12.1 Å². The molecule has 0 saturated carbocycles. The number of nitrogens with zero attached hydrogens (tertiary/aromatic N) is 3. The average molecular weight is 406 g/mol. The Morgan fingerprint density at radius 1 is 0.967 bits per heavy atom. The molecule has 6 nitrogen and oxygen atoms in total. The Morgan fingerprint density at radius 3 is 2.40 bits per heavy atom. The van der Waals surface area contributed by atoms with Crippen molar-refractivity contribution < 1.29 is 18.3 Å². The standard InChI is InChI=1S/C22H16F2N4O2/c23-16-4-3-15(19(24)14-16)13-21(29)25-17-5-7-18(8-6-17)30-22-10-9-20(26-27-22)28-11-1-2-12-28/h1-12,14H,13H2,(H,25,29). The van der Waals surface area contributed by atoms with Crippen molar-refractivity contribution >= 4 is 11.6 Å². The minimum absolute atomic E-state index is 0.121. The summed E-state index contributed by atoms with van der Waals surface area (Å²) in [7, 11) is 0. The molecular weight excluding hydrogens is 390 g/mol. The van der Waals surface area contributed by atoms with Gasteiger partial charge in [-0.1, -0.05) is 6.07 Å². The minimum Gasteiger partial charge on any atom is -0.438 e. The molecule has 0 bridgehead atoms. The predicted molar refractivity (Wildman–Crippen MR) is 107 cm³/mol. The molecule has 8 heteroatoms. The van der Waals surface area contributed by atoms with E-state index in [4.69, 9.17) is 4.74 Å². The Labute approximate surface area is 170 Å². The van der Waals surface area contributed by atoms with Crippen LogP contribution in [-0.2, 0) is 11.2 Å². The Kier molecular flexibility index (Phi) is 5.47. The number of carbonyl (C=O) groups excluding carboxylic acids is 1. The van der Waals surface area contributed by atoms with Crippen LogP contribution >= 0.6 is 0 Å². The maximum atomic E-state index is 13.7. The smallest absolute Gasteiger partial charge is 0.238 e. The summed E-state index contributed by atoms with van der Waals surface area (Å²) >= 11 is 0. The number of anilines is 1. The lowest BCUT2D eigenvalue weighted by Gasteiger charge is -2.08. The number of halogens is 2. The Bertz CT molecular complexity index is 1140. The van der Waals surface area contributed by atoms with Crippen molar-refractivity contribution in [1.29, 1.82) is 0 Å². The van der Waals surface area contributed by atoms with Gasteiger partial charge in [-0.2, -0.15) is 0 Å². The van der Waals surface area contributed by atoms with Crippen molar-refractivity contribution in [1.82, 2.24) is 14.8 Å². The first kappa shape index (κ1) is 19.3. The van der Waals surface area contributed by atoms with Crippen molar-refractivity contribution in [3.05, 3.63) is 96.3 Å². The molecule has 0 spiro atoms. The lowest BCUT2D eigenvalue weighted by molar-refractivity contribution is -0.115. The lowest BCUT2D eigenvalue weighted by Crippen LogP contribution is -2.15.